The first-order valence-corrected chi connectivity index (χ1v) is 5.88. The van der Waals surface area contributed by atoms with Crippen LogP contribution in [-0.4, -0.2) is 19.7 Å². The van der Waals surface area contributed by atoms with Crippen molar-refractivity contribution in [3.05, 3.63) is 27.4 Å². The summed E-state index contributed by atoms with van der Waals surface area (Å²) in [6.45, 7) is 2.88. The van der Waals surface area contributed by atoms with Crippen molar-refractivity contribution in [1.29, 1.82) is 0 Å². The topological polar surface area (TPSA) is 43.6 Å². The van der Waals surface area contributed by atoms with Crippen LogP contribution in [0.1, 0.15) is 6.92 Å². The standard InChI is InChI=1S/C9H8ClIN4/c1-2-15-5-6(8(11)14-15)7-3-4-12-9(10)13-7/h3-5H,2H2,1H3. The molecule has 0 unspecified atom stereocenters. The van der Waals surface area contributed by atoms with Gasteiger partial charge in [-0.3, -0.25) is 4.68 Å². The lowest BCUT2D eigenvalue weighted by molar-refractivity contribution is 0.655. The Labute approximate surface area is 106 Å². The molecule has 78 valence electrons. The minimum Gasteiger partial charge on any atom is -0.271 e. The number of halogens is 2. The van der Waals surface area contributed by atoms with Crippen LogP contribution in [0.15, 0.2) is 18.5 Å². The molecule has 0 aromatic carbocycles. The first kappa shape index (κ1) is 10.8. The molecule has 0 bridgehead atoms. The highest BCUT2D eigenvalue weighted by Crippen LogP contribution is 2.22. The quantitative estimate of drug-likeness (QED) is 0.626. The fraction of sp³-hybridized carbons (Fsp3) is 0.222. The second-order valence-corrected chi connectivity index (χ2v) is 4.26. The van der Waals surface area contributed by atoms with Gasteiger partial charge in [-0.1, -0.05) is 0 Å². The van der Waals surface area contributed by atoms with Gasteiger partial charge in [0.15, 0.2) is 0 Å². The van der Waals surface area contributed by atoms with E-state index in [1.807, 2.05) is 23.9 Å². The van der Waals surface area contributed by atoms with Gasteiger partial charge in [0.1, 0.15) is 3.70 Å². The summed E-state index contributed by atoms with van der Waals surface area (Å²) in [4.78, 5) is 7.99. The smallest absolute Gasteiger partial charge is 0.222 e. The lowest BCUT2D eigenvalue weighted by Crippen LogP contribution is -1.93. The van der Waals surface area contributed by atoms with Crippen molar-refractivity contribution in [1.82, 2.24) is 19.7 Å². The zero-order valence-corrected chi connectivity index (χ0v) is 10.9. The molecule has 0 saturated carbocycles. The Hall–Kier alpha value is -0.690. The van der Waals surface area contributed by atoms with Crippen LogP contribution in [0.25, 0.3) is 11.3 Å². The Bertz CT molecular complexity index is 483. The van der Waals surface area contributed by atoms with E-state index in [4.69, 9.17) is 11.6 Å². The molecule has 0 atom stereocenters. The van der Waals surface area contributed by atoms with Crippen molar-refractivity contribution in [2.45, 2.75) is 13.5 Å². The predicted octanol–water partition coefficient (Wildman–Crippen LogP) is 2.62. The van der Waals surface area contributed by atoms with E-state index >= 15 is 0 Å². The third-order valence-corrected chi connectivity index (χ3v) is 2.92. The number of nitrogens with zero attached hydrogens (tertiary/aromatic N) is 4. The molecule has 0 spiro atoms. The summed E-state index contributed by atoms with van der Waals surface area (Å²) in [6.07, 6.45) is 3.60. The maximum atomic E-state index is 5.74. The molecule has 0 aliphatic carbocycles. The van der Waals surface area contributed by atoms with Gasteiger partial charge < -0.3 is 0 Å². The Morgan fingerprint density at radius 1 is 1.53 bits per heavy atom. The monoisotopic (exact) mass is 334 g/mol. The van der Waals surface area contributed by atoms with Gasteiger partial charge in [-0.15, -0.1) is 0 Å². The zero-order chi connectivity index (χ0) is 10.8. The van der Waals surface area contributed by atoms with E-state index < -0.39 is 0 Å². The molecule has 6 heteroatoms. The van der Waals surface area contributed by atoms with Gasteiger partial charge in [-0.25, -0.2) is 9.97 Å². The van der Waals surface area contributed by atoms with E-state index in [2.05, 4.69) is 37.7 Å². The number of hydrogen-bond donors (Lipinski definition) is 0. The maximum Gasteiger partial charge on any atom is 0.222 e. The second kappa shape index (κ2) is 4.44. The van der Waals surface area contributed by atoms with Gasteiger partial charge in [0, 0.05) is 18.9 Å². The molecule has 0 fully saturated rings. The summed E-state index contributed by atoms with van der Waals surface area (Å²) in [5, 5.41) is 4.59. The van der Waals surface area contributed by atoms with Gasteiger partial charge in [0.2, 0.25) is 5.28 Å². The lowest BCUT2D eigenvalue weighted by atomic mass is 10.2. The van der Waals surface area contributed by atoms with E-state index in [0.717, 1.165) is 21.5 Å². The van der Waals surface area contributed by atoms with Crippen LogP contribution in [0.4, 0.5) is 0 Å². The van der Waals surface area contributed by atoms with Gasteiger partial charge in [0.25, 0.3) is 0 Å². The highest BCUT2D eigenvalue weighted by Gasteiger charge is 2.09. The zero-order valence-electron chi connectivity index (χ0n) is 7.98. The summed E-state index contributed by atoms with van der Waals surface area (Å²) in [7, 11) is 0. The molecule has 0 N–H and O–H groups in total. The fourth-order valence-electron chi connectivity index (χ4n) is 1.22. The third-order valence-electron chi connectivity index (χ3n) is 1.94. The van der Waals surface area contributed by atoms with Crippen molar-refractivity contribution in [3.63, 3.8) is 0 Å². The molecule has 4 nitrogen and oxygen atoms in total. The number of aryl methyl sites for hydroxylation is 1. The molecular formula is C9H8ClIN4. The molecular weight excluding hydrogens is 326 g/mol. The van der Waals surface area contributed by atoms with E-state index in [1.54, 1.807) is 6.20 Å². The van der Waals surface area contributed by atoms with Gasteiger partial charge in [-0.05, 0) is 47.2 Å². The molecule has 2 heterocycles. The number of hydrogen-bond acceptors (Lipinski definition) is 3. The highest BCUT2D eigenvalue weighted by molar-refractivity contribution is 14.1. The van der Waals surface area contributed by atoms with E-state index in [1.165, 1.54) is 0 Å². The number of rotatable bonds is 2. The highest BCUT2D eigenvalue weighted by atomic mass is 127. The van der Waals surface area contributed by atoms with Gasteiger partial charge in [-0.2, -0.15) is 5.10 Å². The summed E-state index contributed by atoms with van der Waals surface area (Å²) < 4.78 is 2.79. The minimum absolute atomic E-state index is 0.257. The Balaban J connectivity index is 2.48. The fourth-order valence-corrected chi connectivity index (χ4v) is 2.06. The van der Waals surface area contributed by atoms with Crippen molar-refractivity contribution in [2.24, 2.45) is 0 Å². The molecule has 0 amide bonds. The Morgan fingerprint density at radius 2 is 2.33 bits per heavy atom. The van der Waals surface area contributed by atoms with E-state index in [0.29, 0.717) is 0 Å². The Kier molecular flexibility index (Phi) is 3.20. The maximum absolute atomic E-state index is 5.74. The molecule has 0 aliphatic rings. The average Bonchev–Trinajstić information content (AvgIpc) is 2.60. The summed E-state index contributed by atoms with van der Waals surface area (Å²) in [5.41, 5.74) is 1.79. The van der Waals surface area contributed by atoms with Crippen molar-refractivity contribution < 1.29 is 0 Å². The van der Waals surface area contributed by atoms with Gasteiger partial charge in [0.05, 0.1) is 11.3 Å². The van der Waals surface area contributed by atoms with Crippen LogP contribution in [0, 0.1) is 3.70 Å². The molecule has 0 radical (unpaired) electrons. The van der Waals surface area contributed by atoms with E-state index in [9.17, 15) is 0 Å². The van der Waals surface area contributed by atoms with Crippen LogP contribution in [0.2, 0.25) is 5.28 Å². The molecule has 0 saturated heterocycles. The molecule has 15 heavy (non-hydrogen) atoms. The van der Waals surface area contributed by atoms with Crippen molar-refractivity contribution in [2.75, 3.05) is 0 Å². The van der Waals surface area contributed by atoms with Gasteiger partial charge >= 0.3 is 0 Å². The van der Waals surface area contributed by atoms with Crippen LogP contribution in [0.3, 0.4) is 0 Å². The van der Waals surface area contributed by atoms with E-state index in [-0.39, 0.29) is 5.28 Å². The lowest BCUT2D eigenvalue weighted by Gasteiger charge is -1.96. The Morgan fingerprint density at radius 3 is 2.93 bits per heavy atom. The molecule has 2 aromatic rings. The van der Waals surface area contributed by atoms with Crippen LogP contribution >= 0.6 is 34.2 Å². The third kappa shape index (κ3) is 2.28. The molecule has 0 aliphatic heterocycles. The van der Waals surface area contributed by atoms with Crippen LogP contribution < -0.4 is 0 Å². The second-order valence-electron chi connectivity index (χ2n) is 2.90. The SMILES string of the molecule is CCn1cc(-c2ccnc(Cl)n2)c(I)n1. The van der Waals surface area contributed by atoms with Crippen molar-refractivity contribution in [3.8, 4) is 11.3 Å². The van der Waals surface area contributed by atoms with Crippen molar-refractivity contribution >= 4 is 34.2 Å². The summed E-state index contributed by atoms with van der Waals surface area (Å²) in [5.74, 6) is 0. The largest absolute Gasteiger partial charge is 0.271 e. The predicted molar refractivity (Wildman–Crippen MR) is 66.7 cm³/mol. The first-order chi connectivity index (χ1) is 7.20. The number of aromatic nitrogens is 4. The van der Waals surface area contributed by atoms with Crippen LogP contribution in [0.5, 0.6) is 0 Å². The minimum atomic E-state index is 0.257. The van der Waals surface area contributed by atoms with Crippen LogP contribution in [-0.2, 0) is 6.54 Å². The summed E-state index contributed by atoms with van der Waals surface area (Å²) in [6, 6.07) is 1.82. The average molecular weight is 335 g/mol. The summed E-state index contributed by atoms with van der Waals surface area (Å²) >= 11 is 7.92. The normalized spacial score (nSPS) is 10.6. The molecule has 2 aromatic heterocycles. The molecule has 2 rings (SSSR count). The first-order valence-electron chi connectivity index (χ1n) is 4.42.